The van der Waals surface area contributed by atoms with Crippen LogP contribution in [-0.4, -0.2) is 37.2 Å². The van der Waals surface area contributed by atoms with Gasteiger partial charge in [0.2, 0.25) is 0 Å². The van der Waals surface area contributed by atoms with Crippen molar-refractivity contribution < 1.29 is 4.57 Å². The summed E-state index contributed by atoms with van der Waals surface area (Å²) in [5.41, 5.74) is 0. The molecule has 0 aliphatic carbocycles. The van der Waals surface area contributed by atoms with Gasteiger partial charge in [0.25, 0.3) is 0 Å². The second-order valence-corrected chi connectivity index (χ2v) is 0. The van der Waals surface area contributed by atoms with Gasteiger partial charge in [0.1, 0.15) is 9.12 Å². The molecule has 0 aromatic heterocycles. The van der Waals surface area contributed by atoms with Gasteiger partial charge in [-0.15, -0.1) is 0 Å². The number of rotatable bonds is 0. The van der Waals surface area contributed by atoms with E-state index in [9.17, 15) is 0 Å². The van der Waals surface area contributed by atoms with Crippen LogP contribution in [0.1, 0.15) is 0 Å². The van der Waals surface area contributed by atoms with Crippen LogP contribution in [0.4, 0.5) is 0 Å². The fourth-order valence-corrected chi connectivity index (χ4v) is 0. The predicted octanol–water partition coefficient (Wildman–Crippen LogP) is -0.287. The molecule has 0 saturated carbocycles. The molecule has 0 aromatic carbocycles. The molecular formula is HAlGaOP. The number of hydrogen-bond acceptors (Lipinski definition) is 1. The molecule has 0 aliphatic heterocycles. The van der Waals surface area contributed by atoms with E-state index in [2.05, 4.69) is 0 Å². The topological polar surface area (TPSA) is 17.1 Å². The summed E-state index contributed by atoms with van der Waals surface area (Å²) in [6, 6.07) is 0. The van der Waals surface area contributed by atoms with Crippen LogP contribution in [0.3, 0.4) is 0 Å². The van der Waals surface area contributed by atoms with E-state index in [1.807, 2.05) is 0 Å². The first kappa shape index (κ1) is 18.7. The van der Waals surface area contributed by atoms with E-state index in [0.717, 1.165) is 0 Å². The van der Waals surface area contributed by atoms with E-state index in [-0.39, 0.29) is 37.2 Å². The molecule has 0 amide bonds. The van der Waals surface area contributed by atoms with Crippen molar-refractivity contribution in [3.8, 4) is 0 Å². The monoisotopic (exact) mass is 144 g/mol. The maximum absolute atomic E-state index is 8.06. The van der Waals surface area contributed by atoms with Gasteiger partial charge in [-0.2, -0.15) is 0 Å². The molecule has 4 heavy (non-hydrogen) atoms. The van der Waals surface area contributed by atoms with Crippen molar-refractivity contribution in [2.75, 3.05) is 0 Å². The molecule has 0 rings (SSSR count). The summed E-state index contributed by atoms with van der Waals surface area (Å²) in [5.74, 6) is 0. The molecule has 4 heteroatoms. The second-order valence-electron chi connectivity index (χ2n) is 0. The molecule has 18 valence electrons. The van der Waals surface area contributed by atoms with E-state index in [1.165, 1.54) is 0 Å². The van der Waals surface area contributed by atoms with Crippen molar-refractivity contribution in [3.05, 3.63) is 0 Å². The summed E-state index contributed by atoms with van der Waals surface area (Å²) in [6.07, 6.45) is 0. The van der Waals surface area contributed by atoms with Crippen molar-refractivity contribution in [1.29, 1.82) is 0 Å². The van der Waals surface area contributed by atoms with Crippen molar-refractivity contribution in [1.82, 2.24) is 0 Å². The predicted molar refractivity (Wildman–Crippen MR) is 20.5 cm³/mol. The van der Waals surface area contributed by atoms with Crippen LogP contribution in [0.2, 0.25) is 0 Å². The summed E-state index contributed by atoms with van der Waals surface area (Å²) < 4.78 is 8.06. The van der Waals surface area contributed by atoms with E-state index in [0.29, 0.717) is 0 Å². The Morgan fingerprint density at radius 2 is 1.25 bits per heavy atom. The van der Waals surface area contributed by atoms with E-state index in [4.69, 9.17) is 4.57 Å². The molecule has 0 heterocycles. The van der Waals surface area contributed by atoms with Gasteiger partial charge in [-0.1, -0.05) is 0 Å². The standard InChI is InChI=1S/Al.Ga.HOP/c;;1-2/h;;2H. The van der Waals surface area contributed by atoms with Gasteiger partial charge >= 0.3 is 0 Å². The molecule has 6 radical (unpaired) electrons. The molecule has 0 aliphatic rings. The minimum absolute atomic E-state index is 0. The zero-order valence-corrected chi connectivity index (χ0v) is 6.64. The first-order valence-corrected chi connectivity index (χ1v) is 0.612. The molecule has 0 fully saturated rings. The third-order valence-electron chi connectivity index (χ3n) is 0. The Balaban J connectivity index is -0.00000000500. The third kappa shape index (κ3) is 10.5. The van der Waals surface area contributed by atoms with E-state index in [1.54, 1.807) is 9.12 Å². The van der Waals surface area contributed by atoms with Crippen LogP contribution in [0.25, 0.3) is 0 Å². The summed E-state index contributed by atoms with van der Waals surface area (Å²) in [5, 5.41) is 0. The van der Waals surface area contributed by atoms with Crippen molar-refractivity contribution in [3.63, 3.8) is 0 Å². The van der Waals surface area contributed by atoms with Crippen LogP contribution in [0, 0.1) is 0 Å². The van der Waals surface area contributed by atoms with Gasteiger partial charge in [-0.05, 0) is 0 Å². The zero-order chi connectivity index (χ0) is 2.00. The third-order valence-corrected chi connectivity index (χ3v) is 0. The average Bonchev–Trinajstić information content (AvgIpc) is 1.00. The van der Waals surface area contributed by atoms with Crippen molar-refractivity contribution in [2.45, 2.75) is 0 Å². The smallest absolute Gasteiger partial charge is 0.138 e. The van der Waals surface area contributed by atoms with Crippen LogP contribution in [0.5, 0.6) is 0 Å². The minimum atomic E-state index is 0. The maximum Gasteiger partial charge on any atom is 0.138 e. The molecule has 0 saturated heterocycles. The van der Waals surface area contributed by atoms with Crippen molar-refractivity contribution >= 4 is 46.3 Å². The van der Waals surface area contributed by atoms with Gasteiger partial charge in [-0.3, -0.25) is 4.57 Å². The molecule has 0 spiro atoms. The molecular weight excluding hydrogens is 144 g/mol. The molecule has 1 nitrogen and oxygen atoms in total. The van der Waals surface area contributed by atoms with Crippen LogP contribution < -0.4 is 0 Å². The SMILES string of the molecule is O=P.[Al].[Ga]. The molecule has 0 N–H and O–H groups in total. The Morgan fingerprint density at radius 1 is 1.25 bits per heavy atom. The average molecular weight is 145 g/mol. The Kier molecular flexibility index (Phi) is 132. The summed E-state index contributed by atoms with van der Waals surface area (Å²) in [7, 11) is 1.72. The Labute approximate surface area is 51.0 Å². The van der Waals surface area contributed by atoms with Crippen LogP contribution in [0.15, 0.2) is 0 Å². The van der Waals surface area contributed by atoms with Crippen LogP contribution in [-0.2, 0) is 4.57 Å². The quantitative estimate of drug-likeness (QED) is 0.338. The van der Waals surface area contributed by atoms with Crippen molar-refractivity contribution in [2.24, 2.45) is 0 Å². The summed E-state index contributed by atoms with van der Waals surface area (Å²) >= 11 is 0. The van der Waals surface area contributed by atoms with Gasteiger partial charge in [0.05, 0.1) is 0 Å². The molecule has 0 bridgehead atoms. The minimum Gasteiger partial charge on any atom is -0.279 e. The zero-order valence-electron chi connectivity index (χ0n) is 2.06. The summed E-state index contributed by atoms with van der Waals surface area (Å²) in [4.78, 5) is 0. The first-order chi connectivity index (χ1) is 1.00. The second kappa shape index (κ2) is 28.3. The number of hydrogen-bond donors (Lipinski definition) is 0. The van der Waals surface area contributed by atoms with Gasteiger partial charge < -0.3 is 0 Å². The summed E-state index contributed by atoms with van der Waals surface area (Å²) in [6.45, 7) is 0. The fourth-order valence-electron chi connectivity index (χ4n) is 0. The molecule has 0 unspecified atom stereocenters. The largest absolute Gasteiger partial charge is 0.279 e. The Hall–Kier alpha value is 1.27. The molecule has 0 atom stereocenters. The Morgan fingerprint density at radius 3 is 1.25 bits per heavy atom. The van der Waals surface area contributed by atoms with E-state index >= 15 is 0 Å². The fraction of sp³-hybridized carbons (Fsp3) is 0. The maximum atomic E-state index is 8.06. The van der Waals surface area contributed by atoms with Crippen LogP contribution >= 0.6 is 9.12 Å². The van der Waals surface area contributed by atoms with E-state index < -0.39 is 0 Å². The van der Waals surface area contributed by atoms with Gasteiger partial charge in [0.15, 0.2) is 0 Å². The molecule has 0 aromatic rings. The normalized spacial score (nSPS) is 1.00. The first-order valence-electron chi connectivity index (χ1n) is 0.204. The van der Waals surface area contributed by atoms with Gasteiger partial charge in [0, 0.05) is 37.2 Å². The Bertz CT molecular complexity index is 8.00. The van der Waals surface area contributed by atoms with Gasteiger partial charge in [-0.25, -0.2) is 0 Å².